The minimum atomic E-state index is -0.0567. The van der Waals surface area contributed by atoms with E-state index in [2.05, 4.69) is 75.1 Å². The van der Waals surface area contributed by atoms with Crippen molar-refractivity contribution in [2.75, 3.05) is 4.90 Å². The predicted octanol–water partition coefficient (Wildman–Crippen LogP) is 4.16. The minimum absolute atomic E-state index is 0.0567. The Labute approximate surface area is 143 Å². The summed E-state index contributed by atoms with van der Waals surface area (Å²) in [6.07, 6.45) is 0. The summed E-state index contributed by atoms with van der Waals surface area (Å²) in [4.78, 5) is 2.36. The third-order valence-corrected chi connectivity index (χ3v) is 5.26. The molecule has 5 rings (SSSR count). The molecule has 0 spiro atoms. The number of rotatable bonds is 0. The van der Waals surface area contributed by atoms with E-state index in [-0.39, 0.29) is 5.41 Å². The predicted molar refractivity (Wildman–Crippen MR) is 102 cm³/mol. The first-order valence-corrected chi connectivity index (χ1v) is 8.39. The summed E-state index contributed by atoms with van der Waals surface area (Å²) < 4.78 is 6.27. The van der Waals surface area contributed by atoms with Crippen LogP contribution in [0.15, 0.2) is 60.7 Å². The third-order valence-electron chi connectivity index (χ3n) is 5.26. The van der Waals surface area contributed by atoms with Gasteiger partial charge in [0, 0.05) is 5.41 Å². The highest BCUT2D eigenvalue weighted by atomic mass is 16.5. The van der Waals surface area contributed by atoms with Gasteiger partial charge in [0.25, 0.3) is 0 Å². The lowest BCUT2D eigenvalue weighted by Gasteiger charge is -2.45. The summed E-state index contributed by atoms with van der Waals surface area (Å²) >= 11 is 0. The quantitative estimate of drug-likeness (QED) is 0.452. The van der Waals surface area contributed by atoms with Crippen molar-refractivity contribution < 1.29 is 4.74 Å². The van der Waals surface area contributed by atoms with Gasteiger partial charge < -0.3 is 9.64 Å². The number of benzene rings is 3. The topological polar surface area (TPSA) is 12.5 Å². The monoisotopic (exact) mass is 311 g/mol. The van der Waals surface area contributed by atoms with E-state index in [1.54, 1.807) is 0 Å². The Bertz CT molecular complexity index is 993. The van der Waals surface area contributed by atoms with E-state index in [1.807, 2.05) is 12.1 Å². The van der Waals surface area contributed by atoms with E-state index in [9.17, 15) is 0 Å². The maximum atomic E-state index is 6.27. The van der Waals surface area contributed by atoms with Gasteiger partial charge in [-0.15, -0.1) is 0 Å². The van der Waals surface area contributed by atoms with Crippen LogP contribution in [0.3, 0.4) is 0 Å². The lowest BCUT2D eigenvalue weighted by molar-refractivity contribution is 0.472. The van der Waals surface area contributed by atoms with Gasteiger partial charge in [0.15, 0.2) is 11.5 Å². The first-order valence-electron chi connectivity index (χ1n) is 8.39. The van der Waals surface area contributed by atoms with Crippen LogP contribution in [0, 0.1) is 0 Å². The average molecular weight is 311 g/mol. The largest absolute Gasteiger partial charge is 0.453 e. The van der Waals surface area contributed by atoms with Crippen LogP contribution in [0.25, 0.3) is 0 Å². The molecule has 3 aromatic carbocycles. The summed E-state index contributed by atoms with van der Waals surface area (Å²) in [7, 11) is 2.14. The molecule has 116 valence electrons. The van der Waals surface area contributed by atoms with Crippen LogP contribution in [0.1, 0.15) is 25.0 Å². The second-order valence-electron chi connectivity index (χ2n) is 7.21. The van der Waals surface area contributed by atoms with Gasteiger partial charge in [-0.1, -0.05) is 55.7 Å². The van der Waals surface area contributed by atoms with Crippen LogP contribution in [-0.4, -0.2) is 7.85 Å². The Balaban J connectivity index is 1.93. The van der Waals surface area contributed by atoms with E-state index in [1.165, 1.54) is 28.0 Å². The molecular formula is C21H18BNO. The zero-order valence-electron chi connectivity index (χ0n) is 14.1. The molecule has 0 unspecified atom stereocenters. The van der Waals surface area contributed by atoms with Crippen molar-refractivity contribution in [3.63, 3.8) is 0 Å². The van der Waals surface area contributed by atoms with Gasteiger partial charge in [0.1, 0.15) is 7.85 Å². The molecule has 0 bridgehead atoms. The third kappa shape index (κ3) is 1.62. The number of nitrogens with zero attached hydrogens (tertiary/aromatic N) is 1. The molecule has 3 aromatic rings. The Morgan fingerprint density at radius 3 is 2.38 bits per heavy atom. The minimum Gasteiger partial charge on any atom is -0.453 e. The SMILES string of the molecule is Bc1cc2c3c(c1)C(C)(C)c1ccccc1N3c1ccccc1O2. The lowest BCUT2D eigenvalue weighted by Crippen LogP contribution is -2.33. The van der Waals surface area contributed by atoms with Crippen molar-refractivity contribution in [1.82, 2.24) is 0 Å². The number of hydrogen-bond donors (Lipinski definition) is 0. The second kappa shape index (κ2) is 4.44. The van der Waals surface area contributed by atoms with Gasteiger partial charge in [-0.3, -0.25) is 0 Å². The van der Waals surface area contributed by atoms with Crippen LogP contribution in [-0.2, 0) is 5.41 Å². The molecule has 2 heterocycles. The first-order chi connectivity index (χ1) is 11.6. The molecule has 0 radical (unpaired) electrons. The highest BCUT2D eigenvalue weighted by Gasteiger charge is 2.41. The van der Waals surface area contributed by atoms with Gasteiger partial charge in [0.2, 0.25) is 0 Å². The summed E-state index contributed by atoms with van der Waals surface area (Å²) in [5.74, 6) is 1.86. The smallest absolute Gasteiger partial charge is 0.151 e. The van der Waals surface area contributed by atoms with Gasteiger partial charge in [-0.05, 0) is 35.4 Å². The maximum Gasteiger partial charge on any atom is 0.151 e. The molecule has 2 aliphatic rings. The molecular weight excluding hydrogens is 293 g/mol. The van der Waals surface area contributed by atoms with E-state index in [0.717, 1.165) is 17.2 Å². The fraction of sp³-hybridized carbons (Fsp3) is 0.143. The van der Waals surface area contributed by atoms with Gasteiger partial charge >= 0.3 is 0 Å². The summed E-state index contributed by atoms with van der Waals surface area (Å²) in [5, 5.41) is 0. The zero-order valence-corrected chi connectivity index (χ0v) is 14.1. The van der Waals surface area contributed by atoms with Gasteiger partial charge in [-0.2, -0.15) is 0 Å². The molecule has 0 atom stereocenters. The highest BCUT2D eigenvalue weighted by molar-refractivity contribution is 6.32. The Morgan fingerprint density at radius 1 is 0.833 bits per heavy atom. The van der Waals surface area contributed by atoms with Crippen molar-refractivity contribution in [2.45, 2.75) is 19.3 Å². The van der Waals surface area contributed by atoms with Crippen LogP contribution < -0.4 is 15.1 Å². The van der Waals surface area contributed by atoms with Crippen LogP contribution in [0.5, 0.6) is 11.5 Å². The lowest BCUT2D eigenvalue weighted by atomic mass is 9.71. The van der Waals surface area contributed by atoms with E-state index in [0.29, 0.717) is 0 Å². The Hall–Kier alpha value is -2.68. The Kier molecular flexibility index (Phi) is 2.54. The van der Waals surface area contributed by atoms with Gasteiger partial charge in [-0.25, -0.2) is 0 Å². The zero-order chi connectivity index (χ0) is 16.5. The molecule has 0 saturated heterocycles. The molecule has 0 amide bonds. The molecule has 0 aliphatic carbocycles. The summed E-state index contributed by atoms with van der Waals surface area (Å²) in [5.41, 5.74) is 7.39. The molecule has 0 aromatic heterocycles. The number of para-hydroxylation sites is 3. The number of anilines is 3. The maximum absolute atomic E-state index is 6.27. The van der Waals surface area contributed by atoms with Crippen molar-refractivity contribution in [3.05, 3.63) is 71.8 Å². The van der Waals surface area contributed by atoms with Crippen LogP contribution in [0.4, 0.5) is 17.1 Å². The summed E-state index contributed by atoms with van der Waals surface area (Å²) in [6, 6.07) is 21.4. The molecule has 2 aliphatic heterocycles. The molecule has 0 saturated carbocycles. The standard InChI is InChI=1S/C21H18BNO/c1-21(2)14-7-3-4-8-16(14)23-17-9-5-6-10-18(17)24-19-12-13(22)11-15(21)20(19)23/h3-12H,22H2,1-2H3. The van der Waals surface area contributed by atoms with E-state index < -0.39 is 0 Å². The molecule has 24 heavy (non-hydrogen) atoms. The highest BCUT2D eigenvalue weighted by Crippen LogP contribution is 2.59. The molecule has 0 N–H and O–H groups in total. The second-order valence-corrected chi connectivity index (χ2v) is 7.21. The Morgan fingerprint density at radius 2 is 1.54 bits per heavy atom. The number of ether oxygens (including phenoxy) is 1. The normalized spacial score (nSPS) is 15.8. The first kappa shape index (κ1) is 13.7. The van der Waals surface area contributed by atoms with Crippen molar-refractivity contribution in [3.8, 4) is 11.5 Å². The fourth-order valence-corrected chi connectivity index (χ4v) is 4.09. The molecule has 0 fully saturated rings. The summed E-state index contributed by atoms with van der Waals surface area (Å²) in [6.45, 7) is 4.61. The van der Waals surface area contributed by atoms with E-state index in [4.69, 9.17) is 4.74 Å². The van der Waals surface area contributed by atoms with E-state index >= 15 is 0 Å². The van der Waals surface area contributed by atoms with Crippen LogP contribution >= 0.6 is 0 Å². The van der Waals surface area contributed by atoms with Crippen molar-refractivity contribution in [1.29, 1.82) is 0 Å². The van der Waals surface area contributed by atoms with Crippen molar-refractivity contribution >= 4 is 30.4 Å². The average Bonchev–Trinajstić information content (AvgIpc) is 2.58. The number of fused-ring (bicyclic) bond motifs is 4. The van der Waals surface area contributed by atoms with Gasteiger partial charge in [0.05, 0.1) is 17.1 Å². The molecule has 2 nitrogen and oxygen atoms in total. The fourth-order valence-electron chi connectivity index (χ4n) is 4.09. The van der Waals surface area contributed by atoms with Crippen molar-refractivity contribution in [2.24, 2.45) is 0 Å². The number of hydrogen-bond acceptors (Lipinski definition) is 2. The van der Waals surface area contributed by atoms with Crippen LogP contribution in [0.2, 0.25) is 0 Å². The molecule has 3 heteroatoms.